The molecule has 2 aromatic rings. The molecule has 0 N–H and O–H groups in total. The van der Waals surface area contributed by atoms with Crippen LogP contribution >= 0.6 is 15.9 Å². The van der Waals surface area contributed by atoms with Crippen LogP contribution in [0.25, 0.3) is 0 Å². The van der Waals surface area contributed by atoms with Crippen molar-refractivity contribution in [2.24, 2.45) is 0 Å². The van der Waals surface area contributed by atoms with Crippen LogP contribution in [0.1, 0.15) is 27.7 Å². The van der Waals surface area contributed by atoms with E-state index in [-0.39, 0.29) is 12.1 Å². The number of carbonyl (C=O) groups excluding carboxylic acids is 1. The molecule has 0 fully saturated rings. The Morgan fingerprint density at radius 3 is 3.00 bits per heavy atom. The fourth-order valence-electron chi connectivity index (χ4n) is 2.26. The van der Waals surface area contributed by atoms with E-state index in [1.807, 2.05) is 24.3 Å². The van der Waals surface area contributed by atoms with E-state index in [1.165, 1.54) is 7.11 Å². The first-order valence-corrected chi connectivity index (χ1v) is 6.97. The molecule has 0 amide bonds. The smallest absolute Gasteiger partial charge is 0.337 e. The van der Waals surface area contributed by atoms with Gasteiger partial charge in [-0.15, -0.1) is 0 Å². The largest absolute Gasteiger partial charge is 0.483 e. The second kappa shape index (κ2) is 5.25. The summed E-state index contributed by atoms with van der Waals surface area (Å²) < 4.78 is 11.4. The van der Waals surface area contributed by atoms with E-state index in [0.29, 0.717) is 12.0 Å². The number of pyridine rings is 1. The molecule has 0 bridgehead atoms. The van der Waals surface area contributed by atoms with Crippen LogP contribution in [-0.4, -0.2) is 18.1 Å². The van der Waals surface area contributed by atoms with E-state index in [1.54, 1.807) is 12.1 Å². The number of fused-ring (bicyclic) bond motifs is 1. The quantitative estimate of drug-likeness (QED) is 0.625. The number of hydrogen-bond acceptors (Lipinski definition) is 4. The predicted molar refractivity (Wildman–Crippen MR) is 76.8 cm³/mol. The van der Waals surface area contributed by atoms with Gasteiger partial charge in [-0.2, -0.15) is 0 Å². The van der Waals surface area contributed by atoms with Gasteiger partial charge in [-0.05, 0) is 51.8 Å². The van der Waals surface area contributed by atoms with Crippen LogP contribution in [-0.2, 0) is 11.2 Å². The highest BCUT2D eigenvalue weighted by Gasteiger charge is 2.26. The van der Waals surface area contributed by atoms with Gasteiger partial charge in [0, 0.05) is 6.42 Å². The topological polar surface area (TPSA) is 48.4 Å². The van der Waals surface area contributed by atoms with Crippen LogP contribution in [0.4, 0.5) is 0 Å². The van der Waals surface area contributed by atoms with Gasteiger partial charge in [0.15, 0.2) is 0 Å². The molecule has 0 spiro atoms. The summed E-state index contributed by atoms with van der Waals surface area (Å²) in [5, 5.41) is 0. The standard InChI is InChI=1S/C15H12BrNO3/c1-19-15(18)9-5-6-12-10(7-9)8-13(20-12)11-3-2-4-14(16)17-11/h2-7,13H,8H2,1H3/t13-/m1/s1. The Kier molecular flexibility index (Phi) is 3.44. The summed E-state index contributed by atoms with van der Waals surface area (Å²) >= 11 is 3.36. The third-order valence-corrected chi connectivity index (χ3v) is 3.66. The molecule has 4 nitrogen and oxygen atoms in total. The molecule has 0 radical (unpaired) electrons. The molecular weight excluding hydrogens is 322 g/mol. The van der Waals surface area contributed by atoms with Crippen molar-refractivity contribution in [2.45, 2.75) is 12.5 Å². The van der Waals surface area contributed by atoms with Crippen LogP contribution in [0.15, 0.2) is 41.0 Å². The van der Waals surface area contributed by atoms with Gasteiger partial charge in [-0.25, -0.2) is 9.78 Å². The van der Waals surface area contributed by atoms with Crippen molar-refractivity contribution < 1.29 is 14.3 Å². The first-order valence-electron chi connectivity index (χ1n) is 6.18. The van der Waals surface area contributed by atoms with Gasteiger partial charge in [0.25, 0.3) is 0 Å². The molecule has 0 saturated carbocycles. The molecule has 1 atom stereocenters. The van der Waals surface area contributed by atoms with Crippen LogP contribution in [0.5, 0.6) is 5.75 Å². The predicted octanol–water partition coefficient (Wildman–Crippen LogP) is 3.31. The number of halogens is 1. The van der Waals surface area contributed by atoms with E-state index in [0.717, 1.165) is 21.6 Å². The monoisotopic (exact) mass is 333 g/mol. The summed E-state index contributed by atoms with van der Waals surface area (Å²) in [6, 6.07) is 11.1. The minimum Gasteiger partial charge on any atom is -0.483 e. The Balaban J connectivity index is 1.87. The van der Waals surface area contributed by atoms with E-state index in [2.05, 4.69) is 20.9 Å². The van der Waals surface area contributed by atoms with Crippen LogP contribution in [0, 0.1) is 0 Å². The average molecular weight is 334 g/mol. The van der Waals surface area contributed by atoms with Crippen molar-refractivity contribution in [3.63, 3.8) is 0 Å². The Morgan fingerprint density at radius 2 is 2.25 bits per heavy atom. The van der Waals surface area contributed by atoms with Crippen molar-refractivity contribution in [3.05, 3.63) is 57.8 Å². The van der Waals surface area contributed by atoms with Gasteiger partial charge < -0.3 is 9.47 Å². The summed E-state index contributed by atoms with van der Waals surface area (Å²) in [6.45, 7) is 0. The number of ether oxygens (including phenoxy) is 2. The van der Waals surface area contributed by atoms with Gasteiger partial charge >= 0.3 is 5.97 Å². The normalized spacial score (nSPS) is 16.4. The van der Waals surface area contributed by atoms with Crippen LogP contribution in [0.2, 0.25) is 0 Å². The third-order valence-electron chi connectivity index (χ3n) is 3.22. The summed E-state index contributed by atoms with van der Waals surface area (Å²) in [6.07, 6.45) is 0.583. The highest BCUT2D eigenvalue weighted by molar-refractivity contribution is 9.10. The zero-order valence-corrected chi connectivity index (χ0v) is 12.4. The number of esters is 1. The fraction of sp³-hybridized carbons (Fsp3) is 0.200. The molecule has 3 rings (SSSR count). The molecule has 0 unspecified atom stereocenters. The number of nitrogens with zero attached hydrogens (tertiary/aromatic N) is 1. The summed E-state index contributed by atoms with van der Waals surface area (Å²) in [4.78, 5) is 15.9. The molecule has 5 heteroatoms. The maximum atomic E-state index is 11.5. The first-order chi connectivity index (χ1) is 9.67. The molecule has 0 aliphatic carbocycles. The molecule has 1 aromatic heterocycles. The summed E-state index contributed by atoms with van der Waals surface area (Å²) in [5.74, 6) is 0.459. The lowest BCUT2D eigenvalue weighted by Gasteiger charge is -2.09. The molecule has 1 aliphatic rings. The maximum Gasteiger partial charge on any atom is 0.337 e. The number of benzene rings is 1. The van der Waals surface area contributed by atoms with Crippen LogP contribution < -0.4 is 4.74 Å². The van der Waals surface area contributed by atoms with Crippen LogP contribution in [0.3, 0.4) is 0 Å². The Morgan fingerprint density at radius 1 is 1.40 bits per heavy atom. The molecule has 102 valence electrons. The number of carbonyl (C=O) groups is 1. The lowest BCUT2D eigenvalue weighted by atomic mass is 10.0. The second-order valence-corrected chi connectivity index (χ2v) is 5.32. The minimum absolute atomic E-state index is 0.115. The Labute approximate surface area is 124 Å². The maximum absolute atomic E-state index is 11.5. The van der Waals surface area contributed by atoms with Gasteiger partial charge in [0.05, 0.1) is 18.4 Å². The van der Waals surface area contributed by atoms with Crippen molar-refractivity contribution in [3.8, 4) is 5.75 Å². The zero-order chi connectivity index (χ0) is 14.1. The average Bonchev–Trinajstić information content (AvgIpc) is 2.89. The number of aromatic nitrogens is 1. The second-order valence-electron chi connectivity index (χ2n) is 4.51. The van der Waals surface area contributed by atoms with Gasteiger partial charge in [0.1, 0.15) is 16.5 Å². The third kappa shape index (κ3) is 2.41. The Bertz CT molecular complexity index is 672. The lowest BCUT2D eigenvalue weighted by molar-refractivity contribution is 0.0600. The number of rotatable bonds is 2. The van der Waals surface area contributed by atoms with E-state index < -0.39 is 0 Å². The van der Waals surface area contributed by atoms with Gasteiger partial charge in [-0.3, -0.25) is 0 Å². The number of methoxy groups -OCH3 is 1. The number of hydrogen-bond donors (Lipinski definition) is 0. The molecule has 20 heavy (non-hydrogen) atoms. The Hall–Kier alpha value is -1.88. The molecule has 1 aromatic carbocycles. The molecule has 1 aliphatic heterocycles. The summed E-state index contributed by atoms with van der Waals surface area (Å²) in [5.41, 5.74) is 2.41. The molecule has 0 saturated heterocycles. The van der Waals surface area contributed by atoms with Gasteiger partial charge in [0.2, 0.25) is 0 Å². The first kappa shape index (κ1) is 13.1. The molecular formula is C15H12BrNO3. The fourth-order valence-corrected chi connectivity index (χ4v) is 2.62. The van der Waals surface area contributed by atoms with E-state index in [4.69, 9.17) is 9.47 Å². The van der Waals surface area contributed by atoms with Gasteiger partial charge in [-0.1, -0.05) is 6.07 Å². The summed E-state index contributed by atoms with van der Waals surface area (Å²) in [7, 11) is 1.38. The minimum atomic E-state index is -0.336. The zero-order valence-electron chi connectivity index (χ0n) is 10.8. The van der Waals surface area contributed by atoms with Crippen molar-refractivity contribution in [2.75, 3.05) is 7.11 Å². The van der Waals surface area contributed by atoms with Crippen molar-refractivity contribution in [1.82, 2.24) is 4.98 Å². The van der Waals surface area contributed by atoms with E-state index in [9.17, 15) is 4.79 Å². The highest BCUT2D eigenvalue weighted by Crippen LogP contribution is 2.36. The van der Waals surface area contributed by atoms with Crippen molar-refractivity contribution >= 4 is 21.9 Å². The highest BCUT2D eigenvalue weighted by atomic mass is 79.9. The lowest BCUT2D eigenvalue weighted by Crippen LogP contribution is -2.05. The van der Waals surface area contributed by atoms with Crippen molar-refractivity contribution in [1.29, 1.82) is 0 Å². The van der Waals surface area contributed by atoms with E-state index >= 15 is 0 Å². The SMILES string of the molecule is COC(=O)c1ccc2c(c1)C[C@H](c1cccc(Br)n1)O2. The molecule has 2 heterocycles.